The highest BCUT2D eigenvalue weighted by Gasteiger charge is 2.39. The standard InChI is InChI=1S/C24H36N4O3S/c1-18(2)26-13-15-27(16-14-26)24(29)20-9-11-22(12-10-20)28(19(3)4)32(30,31)23-8-6-5-7-21(23)17-25/h5-8,18-20,22H,9-16H2,1-4H3. The van der Waals surface area contributed by atoms with E-state index in [-0.39, 0.29) is 34.4 Å². The van der Waals surface area contributed by atoms with Crippen molar-refractivity contribution in [1.82, 2.24) is 14.1 Å². The predicted molar refractivity (Wildman–Crippen MR) is 124 cm³/mol. The van der Waals surface area contributed by atoms with Crippen molar-refractivity contribution in [3.63, 3.8) is 0 Å². The number of sulfonamides is 1. The zero-order valence-electron chi connectivity index (χ0n) is 19.7. The number of hydrogen-bond donors (Lipinski definition) is 0. The number of carbonyl (C=O) groups is 1. The summed E-state index contributed by atoms with van der Waals surface area (Å²) in [6.07, 6.45) is 2.72. The molecule has 0 unspecified atom stereocenters. The van der Waals surface area contributed by atoms with Gasteiger partial charge in [0.25, 0.3) is 0 Å². The molecule has 1 aromatic rings. The topological polar surface area (TPSA) is 84.7 Å². The lowest BCUT2D eigenvalue weighted by atomic mass is 9.84. The molecular weight excluding hydrogens is 424 g/mol. The van der Waals surface area contributed by atoms with E-state index in [1.165, 1.54) is 6.07 Å². The molecule has 0 radical (unpaired) electrons. The SMILES string of the molecule is CC(C)N1CCN(C(=O)C2CCC(N(C(C)C)S(=O)(=O)c3ccccc3C#N)CC2)CC1. The van der Waals surface area contributed by atoms with Crippen LogP contribution in [0.15, 0.2) is 29.2 Å². The van der Waals surface area contributed by atoms with Gasteiger partial charge in [-0.3, -0.25) is 9.69 Å². The van der Waals surface area contributed by atoms with Gasteiger partial charge in [-0.25, -0.2) is 8.42 Å². The van der Waals surface area contributed by atoms with E-state index in [0.29, 0.717) is 31.7 Å². The Morgan fingerprint density at radius 1 is 1.03 bits per heavy atom. The predicted octanol–water partition coefficient (Wildman–Crippen LogP) is 3.07. The lowest BCUT2D eigenvalue weighted by Crippen LogP contribution is -2.53. The maximum atomic E-state index is 13.5. The Labute approximate surface area is 193 Å². The summed E-state index contributed by atoms with van der Waals surface area (Å²) in [5.41, 5.74) is 0.169. The summed E-state index contributed by atoms with van der Waals surface area (Å²) in [6, 6.07) is 8.50. The van der Waals surface area contributed by atoms with E-state index >= 15 is 0 Å². The first-order valence-electron chi connectivity index (χ1n) is 11.7. The molecule has 2 aliphatic rings. The van der Waals surface area contributed by atoms with E-state index in [9.17, 15) is 18.5 Å². The van der Waals surface area contributed by atoms with Crippen molar-refractivity contribution in [1.29, 1.82) is 5.26 Å². The maximum Gasteiger partial charge on any atom is 0.244 e. The highest BCUT2D eigenvalue weighted by molar-refractivity contribution is 7.89. The molecule has 1 aliphatic carbocycles. The fourth-order valence-corrected chi connectivity index (χ4v) is 7.11. The monoisotopic (exact) mass is 460 g/mol. The van der Waals surface area contributed by atoms with Gasteiger partial charge < -0.3 is 4.90 Å². The number of benzene rings is 1. The number of hydrogen-bond acceptors (Lipinski definition) is 5. The molecule has 8 heteroatoms. The van der Waals surface area contributed by atoms with Crippen LogP contribution in [0.25, 0.3) is 0 Å². The number of nitrogens with zero attached hydrogens (tertiary/aromatic N) is 4. The number of rotatable bonds is 6. The first-order valence-corrected chi connectivity index (χ1v) is 13.2. The van der Waals surface area contributed by atoms with Crippen molar-refractivity contribution in [3.8, 4) is 6.07 Å². The average Bonchev–Trinajstić information content (AvgIpc) is 2.78. The van der Waals surface area contributed by atoms with Crippen LogP contribution in [0, 0.1) is 17.2 Å². The van der Waals surface area contributed by atoms with Crippen LogP contribution in [0.4, 0.5) is 0 Å². The highest BCUT2D eigenvalue weighted by atomic mass is 32.2. The number of amides is 1. The summed E-state index contributed by atoms with van der Waals surface area (Å²) in [7, 11) is -3.81. The van der Waals surface area contributed by atoms with Gasteiger partial charge in [-0.2, -0.15) is 9.57 Å². The Kier molecular flexibility index (Phi) is 7.97. The molecule has 1 aromatic carbocycles. The van der Waals surface area contributed by atoms with Crippen LogP contribution in [0.2, 0.25) is 0 Å². The molecule has 2 fully saturated rings. The first kappa shape index (κ1) is 24.7. The number of nitriles is 1. The largest absolute Gasteiger partial charge is 0.340 e. The fraction of sp³-hybridized carbons (Fsp3) is 0.667. The Morgan fingerprint density at radius 2 is 1.62 bits per heavy atom. The fourth-order valence-electron chi connectivity index (χ4n) is 5.09. The van der Waals surface area contributed by atoms with E-state index in [2.05, 4.69) is 18.7 Å². The Balaban J connectivity index is 1.67. The van der Waals surface area contributed by atoms with Crippen LogP contribution in [0.3, 0.4) is 0 Å². The molecule has 0 aromatic heterocycles. The molecule has 0 atom stereocenters. The molecule has 0 bridgehead atoms. The molecule has 7 nitrogen and oxygen atoms in total. The highest BCUT2D eigenvalue weighted by Crippen LogP contribution is 2.34. The summed E-state index contributed by atoms with van der Waals surface area (Å²) in [6.45, 7) is 11.5. The third-order valence-electron chi connectivity index (χ3n) is 6.83. The minimum absolute atomic E-state index is 0.0278. The Bertz CT molecular complexity index is 938. The smallest absolute Gasteiger partial charge is 0.244 e. The number of piperazine rings is 1. The molecule has 0 spiro atoms. The average molecular weight is 461 g/mol. The van der Waals surface area contributed by atoms with Crippen molar-refractivity contribution in [3.05, 3.63) is 29.8 Å². The van der Waals surface area contributed by atoms with Crippen LogP contribution in [0.1, 0.15) is 58.9 Å². The molecule has 1 saturated carbocycles. The molecule has 1 aliphatic heterocycles. The van der Waals surface area contributed by atoms with Gasteiger partial charge in [0.05, 0.1) is 10.5 Å². The van der Waals surface area contributed by atoms with E-state index < -0.39 is 10.0 Å². The van der Waals surface area contributed by atoms with Gasteiger partial charge in [-0.15, -0.1) is 0 Å². The third-order valence-corrected chi connectivity index (χ3v) is 9.02. The van der Waals surface area contributed by atoms with Crippen molar-refractivity contribution in [2.45, 2.75) is 76.4 Å². The Hall–Kier alpha value is -1.95. The minimum Gasteiger partial charge on any atom is -0.340 e. The maximum absolute atomic E-state index is 13.5. The zero-order valence-corrected chi connectivity index (χ0v) is 20.5. The van der Waals surface area contributed by atoms with Crippen molar-refractivity contribution < 1.29 is 13.2 Å². The van der Waals surface area contributed by atoms with Gasteiger partial charge in [0.15, 0.2) is 0 Å². The van der Waals surface area contributed by atoms with Crippen molar-refractivity contribution in [2.24, 2.45) is 5.92 Å². The van der Waals surface area contributed by atoms with Gasteiger partial charge in [-0.05, 0) is 65.5 Å². The normalized spacial score (nSPS) is 23.0. The van der Waals surface area contributed by atoms with Gasteiger partial charge in [0, 0.05) is 50.2 Å². The van der Waals surface area contributed by atoms with Crippen LogP contribution in [-0.2, 0) is 14.8 Å². The van der Waals surface area contributed by atoms with Gasteiger partial charge in [-0.1, -0.05) is 12.1 Å². The summed E-state index contributed by atoms with van der Waals surface area (Å²) >= 11 is 0. The summed E-state index contributed by atoms with van der Waals surface area (Å²) in [4.78, 5) is 17.5. The third kappa shape index (κ3) is 5.16. The number of carbonyl (C=O) groups excluding carboxylic acids is 1. The molecule has 1 saturated heterocycles. The van der Waals surface area contributed by atoms with Crippen LogP contribution in [-0.4, -0.2) is 72.7 Å². The molecule has 0 N–H and O–H groups in total. The second-order valence-corrected chi connectivity index (χ2v) is 11.3. The molecule has 176 valence electrons. The van der Waals surface area contributed by atoms with Gasteiger partial charge >= 0.3 is 0 Å². The second-order valence-electron chi connectivity index (χ2n) is 9.50. The lowest BCUT2D eigenvalue weighted by molar-refractivity contribution is -0.138. The van der Waals surface area contributed by atoms with E-state index in [1.54, 1.807) is 22.5 Å². The molecule has 3 rings (SSSR count). The summed E-state index contributed by atoms with van der Waals surface area (Å²) in [5, 5.41) is 9.40. The van der Waals surface area contributed by atoms with Gasteiger partial charge in [0.2, 0.25) is 15.9 Å². The van der Waals surface area contributed by atoms with Gasteiger partial charge in [0.1, 0.15) is 6.07 Å². The minimum atomic E-state index is -3.81. The summed E-state index contributed by atoms with van der Waals surface area (Å²) < 4.78 is 28.6. The molecule has 32 heavy (non-hydrogen) atoms. The zero-order chi connectivity index (χ0) is 23.5. The Morgan fingerprint density at radius 3 is 2.16 bits per heavy atom. The van der Waals surface area contributed by atoms with Crippen molar-refractivity contribution in [2.75, 3.05) is 26.2 Å². The van der Waals surface area contributed by atoms with Crippen LogP contribution in [0.5, 0.6) is 0 Å². The van der Waals surface area contributed by atoms with E-state index in [4.69, 9.17) is 0 Å². The summed E-state index contributed by atoms with van der Waals surface area (Å²) in [5.74, 6) is 0.195. The lowest BCUT2D eigenvalue weighted by Gasteiger charge is -2.41. The van der Waals surface area contributed by atoms with Crippen LogP contribution < -0.4 is 0 Å². The van der Waals surface area contributed by atoms with Crippen molar-refractivity contribution >= 4 is 15.9 Å². The first-order chi connectivity index (χ1) is 15.2. The van der Waals surface area contributed by atoms with Crippen LogP contribution >= 0.6 is 0 Å². The molecular formula is C24H36N4O3S. The van der Waals surface area contributed by atoms with E-state index in [1.807, 2.05) is 24.8 Å². The second kappa shape index (κ2) is 10.3. The molecule has 1 amide bonds. The molecule has 1 heterocycles. The quantitative estimate of drug-likeness (QED) is 0.651. The van der Waals surface area contributed by atoms with E-state index in [0.717, 1.165) is 26.2 Å².